The zero-order valence-electron chi connectivity index (χ0n) is 9.97. The molecule has 0 heterocycles. The lowest BCUT2D eigenvalue weighted by Crippen LogP contribution is -2.20. The Hall–Kier alpha value is -1.47. The quantitative estimate of drug-likeness (QED) is 0.669. The van der Waals surface area contributed by atoms with Crippen molar-refractivity contribution in [2.45, 2.75) is 20.0 Å². The molecule has 7 heteroatoms. The topological polar surface area (TPSA) is 81.5 Å². The Kier molecular flexibility index (Phi) is 5.24. The van der Waals surface area contributed by atoms with Gasteiger partial charge in [-0.3, -0.25) is 14.9 Å². The van der Waals surface area contributed by atoms with Crippen LogP contribution in [0.1, 0.15) is 13.8 Å². The molecule has 0 spiro atoms. The van der Waals surface area contributed by atoms with Gasteiger partial charge >= 0.3 is 0 Å². The minimum absolute atomic E-state index is 0.0516. The summed E-state index contributed by atoms with van der Waals surface area (Å²) in [5, 5.41) is 13.2. The number of nitrogens with zero attached hydrogens (tertiary/aromatic N) is 1. The molecule has 6 nitrogen and oxygen atoms in total. The number of nitro benzene ring substituents is 1. The molecule has 1 aromatic rings. The summed E-state index contributed by atoms with van der Waals surface area (Å²) < 4.78 is 5.71. The third kappa shape index (κ3) is 4.42. The number of ether oxygens (including phenoxy) is 1. The van der Waals surface area contributed by atoms with Crippen LogP contribution in [0.4, 0.5) is 11.4 Å². The molecule has 0 aliphatic heterocycles. The number of halogens is 1. The van der Waals surface area contributed by atoms with Crippen LogP contribution in [0.15, 0.2) is 22.7 Å². The van der Waals surface area contributed by atoms with Gasteiger partial charge in [0, 0.05) is 16.6 Å². The number of non-ortho nitro benzene ring substituents is 1. The maximum atomic E-state index is 11.5. The van der Waals surface area contributed by atoms with E-state index < -0.39 is 4.92 Å². The lowest BCUT2D eigenvalue weighted by atomic mass is 10.3. The zero-order valence-corrected chi connectivity index (χ0v) is 11.6. The van der Waals surface area contributed by atoms with E-state index in [2.05, 4.69) is 21.2 Å². The first-order valence-electron chi connectivity index (χ1n) is 5.25. The lowest BCUT2D eigenvalue weighted by molar-refractivity contribution is -0.384. The lowest BCUT2D eigenvalue weighted by Gasteiger charge is -2.09. The van der Waals surface area contributed by atoms with Crippen LogP contribution in [-0.2, 0) is 9.53 Å². The SMILES string of the molecule is CC(C)OCC(=O)Nc1cc([N+](=O)[O-])ccc1Br. The van der Waals surface area contributed by atoms with E-state index in [0.717, 1.165) is 0 Å². The van der Waals surface area contributed by atoms with E-state index in [-0.39, 0.29) is 24.3 Å². The molecule has 0 fully saturated rings. The molecule has 0 aliphatic carbocycles. The monoisotopic (exact) mass is 316 g/mol. The Labute approximate surface area is 113 Å². The van der Waals surface area contributed by atoms with Gasteiger partial charge in [-0.05, 0) is 35.8 Å². The first-order valence-corrected chi connectivity index (χ1v) is 6.05. The number of anilines is 1. The van der Waals surface area contributed by atoms with Crippen LogP contribution < -0.4 is 5.32 Å². The maximum Gasteiger partial charge on any atom is 0.271 e. The van der Waals surface area contributed by atoms with Crippen molar-refractivity contribution in [2.75, 3.05) is 11.9 Å². The Morgan fingerprint density at radius 2 is 2.22 bits per heavy atom. The summed E-state index contributed by atoms with van der Waals surface area (Å²) in [4.78, 5) is 21.6. The number of benzene rings is 1. The van der Waals surface area contributed by atoms with Gasteiger partial charge in [-0.15, -0.1) is 0 Å². The second-order valence-electron chi connectivity index (χ2n) is 3.83. The molecule has 0 radical (unpaired) electrons. The van der Waals surface area contributed by atoms with Crippen molar-refractivity contribution < 1.29 is 14.5 Å². The van der Waals surface area contributed by atoms with Gasteiger partial charge in [0.1, 0.15) is 6.61 Å². The maximum absolute atomic E-state index is 11.5. The summed E-state index contributed by atoms with van der Waals surface area (Å²) in [6.45, 7) is 3.54. The molecule has 0 saturated carbocycles. The van der Waals surface area contributed by atoms with Gasteiger partial charge in [-0.25, -0.2) is 0 Å². The molecule has 0 saturated heterocycles. The van der Waals surface area contributed by atoms with E-state index in [9.17, 15) is 14.9 Å². The molecule has 1 amide bonds. The van der Waals surface area contributed by atoms with Crippen molar-refractivity contribution in [1.82, 2.24) is 0 Å². The molecule has 1 N–H and O–H groups in total. The Morgan fingerprint density at radius 3 is 2.78 bits per heavy atom. The number of nitrogens with one attached hydrogen (secondary N) is 1. The minimum Gasteiger partial charge on any atom is -0.369 e. The normalized spacial score (nSPS) is 10.4. The predicted molar refractivity (Wildman–Crippen MR) is 70.5 cm³/mol. The van der Waals surface area contributed by atoms with Crippen molar-refractivity contribution in [3.63, 3.8) is 0 Å². The second kappa shape index (κ2) is 6.46. The summed E-state index contributed by atoms with van der Waals surface area (Å²) in [7, 11) is 0. The summed E-state index contributed by atoms with van der Waals surface area (Å²) in [5.74, 6) is -0.357. The van der Waals surface area contributed by atoms with Gasteiger partial charge in [0.05, 0.1) is 16.7 Å². The average Bonchev–Trinajstić information content (AvgIpc) is 2.29. The van der Waals surface area contributed by atoms with Gasteiger partial charge in [-0.1, -0.05) is 0 Å². The van der Waals surface area contributed by atoms with Gasteiger partial charge in [0.2, 0.25) is 5.91 Å². The number of amides is 1. The smallest absolute Gasteiger partial charge is 0.271 e. The molecule has 0 unspecified atom stereocenters. The average molecular weight is 317 g/mol. The third-order valence-corrected chi connectivity index (χ3v) is 2.67. The molecule has 18 heavy (non-hydrogen) atoms. The van der Waals surface area contributed by atoms with E-state index in [1.54, 1.807) is 0 Å². The summed E-state index contributed by atoms with van der Waals surface area (Å²) in [5.41, 5.74) is 0.264. The highest BCUT2D eigenvalue weighted by molar-refractivity contribution is 9.10. The molecule has 0 aromatic heterocycles. The summed E-state index contributed by atoms with van der Waals surface area (Å²) in [6.07, 6.45) is -0.0516. The standard InChI is InChI=1S/C11H13BrN2O4/c1-7(2)18-6-11(15)13-10-5-8(14(16)17)3-4-9(10)12/h3-5,7H,6H2,1-2H3,(H,13,15). The van der Waals surface area contributed by atoms with Crippen LogP contribution in [0.25, 0.3) is 0 Å². The second-order valence-corrected chi connectivity index (χ2v) is 4.68. The summed E-state index contributed by atoms with van der Waals surface area (Å²) in [6, 6.07) is 4.15. The number of carbonyl (C=O) groups is 1. The highest BCUT2D eigenvalue weighted by atomic mass is 79.9. The largest absolute Gasteiger partial charge is 0.369 e. The van der Waals surface area contributed by atoms with Crippen molar-refractivity contribution in [3.8, 4) is 0 Å². The van der Waals surface area contributed by atoms with Crippen molar-refractivity contribution in [2.24, 2.45) is 0 Å². The molecule has 1 aromatic carbocycles. The van der Waals surface area contributed by atoms with Crippen LogP contribution in [0.2, 0.25) is 0 Å². The van der Waals surface area contributed by atoms with Crippen molar-refractivity contribution >= 4 is 33.2 Å². The van der Waals surface area contributed by atoms with E-state index in [4.69, 9.17) is 4.74 Å². The highest BCUT2D eigenvalue weighted by Gasteiger charge is 2.12. The Bertz CT molecular complexity index is 462. The molecular formula is C11H13BrN2O4. The zero-order chi connectivity index (χ0) is 13.7. The van der Waals surface area contributed by atoms with Crippen LogP contribution in [0.3, 0.4) is 0 Å². The predicted octanol–water partition coefficient (Wildman–Crippen LogP) is 2.72. The summed E-state index contributed by atoms with van der Waals surface area (Å²) >= 11 is 3.21. The van der Waals surface area contributed by atoms with E-state index in [1.807, 2.05) is 13.8 Å². The van der Waals surface area contributed by atoms with E-state index >= 15 is 0 Å². The fourth-order valence-electron chi connectivity index (χ4n) is 1.15. The van der Waals surface area contributed by atoms with Gasteiger partial charge < -0.3 is 10.1 Å². The number of hydrogen-bond acceptors (Lipinski definition) is 4. The Morgan fingerprint density at radius 1 is 1.56 bits per heavy atom. The van der Waals surface area contributed by atoms with Gasteiger partial charge in [0.15, 0.2) is 0 Å². The number of rotatable bonds is 5. The van der Waals surface area contributed by atoms with Crippen molar-refractivity contribution in [1.29, 1.82) is 0 Å². The van der Waals surface area contributed by atoms with Crippen LogP contribution in [0.5, 0.6) is 0 Å². The minimum atomic E-state index is -0.521. The molecule has 0 aliphatic rings. The molecule has 98 valence electrons. The third-order valence-electron chi connectivity index (χ3n) is 1.98. The molecule has 1 rings (SSSR count). The van der Waals surface area contributed by atoms with Gasteiger partial charge in [0.25, 0.3) is 5.69 Å². The fraction of sp³-hybridized carbons (Fsp3) is 0.364. The fourth-order valence-corrected chi connectivity index (χ4v) is 1.50. The van der Waals surface area contributed by atoms with Crippen LogP contribution in [-0.4, -0.2) is 23.5 Å². The highest BCUT2D eigenvalue weighted by Crippen LogP contribution is 2.26. The van der Waals surface area contributed by atoms with Crippen LogP contribution in [0, 0.1) is 10.1 Å². The molecule has 0 atom stereocenters. The van der Waals surface area contributed by atoms with Crippen molar-refractivity contribution in [3.05, 3.63) is 32.8 Å². The molecular weight excluding hydrogens is 304 g/mol. The number of hydrogen-bond donors (Lipinski definition) is 1. The molecule has 0 bridgehead atoms. The van der Waals surface area contributed by atoms with E-state index in [1.165, 1.54) is 18.2 Å². The Balaban J connectivity index is 2.74. The first-order chi connectivity index (χ1) is 8.40. The van der Waals surface area contributed by atoms with E-state index in [0.29, 0.717) is 10.2 Å². The van der Waals surface area contributed by atoms with Gasteiger partial charge in [-0.2, -0.15) is 0 Å². The van der Waals surface area contributed by atoms with Crippen LogP contribution >= 0.6 is 15.9 Å². The number of carbonyl (C=O) groups excluding carboxylic acids is 1. The number of nitro groups is 1. The first kappa shape index (κ1) is 14.6.